The summed E-state index contributed by atoms with van der Waals surface area (Å²) in [7, 11) is 0. The van der Waals surface area contributed by atoms with Crippen molar-refractivity contribution in [2.45, 2.75) is 17.1 Å². The van der Waals surface area contributed by atoms with E-state index in [0.29, 0.717) is 10.9 Å². The number of halogens is 2. The van der Waals surface area contributed by atoms with Crippen LogP contribution in [0.5, 0.6) is 5.75 Å². The minimum atomic E-state index is -0.199. The predicted molar refractivity (Wildman–Crippen MR) is 63.5 cm³/mol. The molecule has 1 N–H and O–H groups in total. The largest absolute Gasteiger partial charge is 0.508 e. The number of aromatic hydroxyl groups is 1. The van der Waals surface area contributed by atoms with Gasteiger partial charge in [-0.15, -0.1) is 0 Å². The Kier molecular flexibility index (Phi) is 4.13. The van der Waals surface area contributed by atoms with Gasteiger partial charge in [0.15, 0.2) is 5.78 Å². The van der Waals surface area contributed by atoms with E-state index in [9.17, 15) is 9.90 Å². The zero-order chi connectivity index (χ0) is 10.7. The van der Waals surface area contributed by atoms with Crippen LogP contribution in [0, 0.1) is 0 Å². The van der Waals surface area contributed by atoms with Gasteiger partial charge in [-0.3, -0.25) is 4.79 Å². The average molecular weight is 322 g/mol. The molecule has 0 aromatic heterocycles. The molecule has 0 saturated carbocycles. The van der Waals surface area contributed by atoms with E-state index in [4.69, 9.17) is 0 Å². The summed E-state index contributed by atoms with van der Waals surface area (Å²) in [5, 5.41) is 9.94. The van der Waals surface area contributed by atoms with Gasteiger partial charge >= 0.3 is 0 Å². The highest BCUT2D eigenvalue weighted by Crippen LogP contribution is 2.22. The number of hydrogen-bond donors (Lipinski definition) is 1. The topological polar surface area (TPSA) is 37.3 Å². The summed E-state index contributed by atoms with van der Waals surface area (Å²) < 4.78 is 0. The van der Waals surface area contributed by atoms with Gasteiger partial charge < -0.3 is 5.11 Å². The van der Waals surface area contributed by atoms with Gasteiger partial charge in [0.2, 0.25) is 0 Å². The summed E-state index contributed by atoms with van der Waals surface area (Å²) in [5.41, 5.74) is 1.34. The molecule has 0 bridgehead atoms. The molecular formula is C10H10Br2O2. The molecular weight excluding hydrogens is 312 g/mol. The van der Waals surface area contributed by atoms with Gasteiger partial charge in [0.1, 0.15) is 5.75 Å². The standard InChI is InChI=1S/C10H10Br2O2/c1-6(12)10(14)7-2-3-9(13)8(4-7)5-11/h2-4,6,13H,5H2,1H3. The minimum absolute atomic E-state index is 0.0206. The molecule has 0 saturated heterocycles. The van der Waals surface area contributed by atoms with Crippen molar-refractivity contribution in [3.05, 3.63) is 29.3 Å². The van der Waals surface area contributed by atoms with Crippen LogP contribution >= 0.6 is 31.9 Å². The first-order valence-electron chi connectivity index (χ1n) is 4.12. The van der Waals surface area contributed by atoms with E-state index in [0.717, 1.165) is 5.56 Å². The zero-order valence-corrected chi connectivity index (χ0v) is 10.8. The van der Waals surface area contributed by atoms with Crippen LogP contribution in [0.4, 0.5) is 0 Å². The van der Waals surface area contributed by atoms with Crippen molar-refractivity contribution in [3.8, 4) is 5.75 Å². The summed E-state index contributed by atoms with van der Waals surface area (Å²) in [6, 6.07) is 4.87. The Labute approximate surface area is 99.6 Å². The second-order valence-corrected chi connectivity index (χ2v) is 4.89. The van der Waals surface area contributed by atoms with Crippen molar-refractivity contribution in [2.24, 2.45) is 0 Å². The lowest BCUT2D eigenvalue weighted by atomic mass is 10.1. The first-order valence-corrected chi connectivity index (χ1v) is 6.16. The van der Waals surface area contributed by atoms with E-state index in [-0.39, 0.29) is 16.4 Å². The summed E-state index contributed by atoms with van der Waals surface area (Å²) >= 11 is 6.46. The molecule has 0 spiro atoms. The highest BCUT2D eigenvalue weighted by atomic mass is 79.9. The fraction of sp³-hybridized carbons (Fsp3) is 0.300. The van der Waals surface area contributed by atoms with E-state index >= 15 is 0 Å². The van der Waals surface area contributed by atoms with Crippen LogP contribution in [-0.4, -0.2) is 15.7 Å². The average Bonchev–Trinajstić information content (AvgIpc) is 2.17. The van der Waals surface area contributed by atoms with Gasteiger partial charge in [-0.25, -0.2) is 0 Å². The number of benzene rings is 1. The van der Waals surface area contributed by atoms with Crippen molar-refractivity contribution in [1.29, 1.82) is 0 Å². The van der Waals surface area contributed by atoms with Crippen molar-refractivity contribution in [2.75, 3.05) is 0 Å². The fourth-order valence-electron chi connectivity index (χ4n) is 1.08. The molecule has 1 rings (SSSR count). The number of Topliss-reactive ketones (excluding diaryl/α,β-unsaturated/α-hetero) is 1. The third kappa shape index (κ3) is 2.58. The van der Waals surface area contributed by atoms with Crippen molar-refractivity contribution < 1.29 is 9.90 Å². The lowest BCUT2D eigenvalue weighted by Gasteiger charge is -2.06. The molecule has 76 valence electrons. The van der Waals surface area contributed by atoms with Crippen LogP contribution in [0.25, 0.3) is 0 Å². The molecule has 0 aliphatic rings. The van der Waals surface area contributed by atoms with Gasteiger partial charge in [-0.05, 0) is 25.1 Å². The van der Waals surface area contributed by atoms with Crippen LogP contribution in [0.2, 0.25) is 0 Å². The van der Waals surface area contributed by atoms with Gasteiger partial charge in [0.05, 0.1) is 4.83 Å². The molecule has 0 radical (unpaired) electrons. The smallest absolute Gasteiger partial charge is 0.176 e. The van der Waals surface area contributed by atoms with Crippen molar-refractivity contribution in [1.82, 2.24) is 0 Å². The van der Waals surface area contributed by atoms with Crippen LogP contribution in [0.3, 0.4) is 0 Å². The molecule has 14 heavy (non-hydrogen) atoms. The van der Waals surface area contributed by atoms with Gasteiger partial charge in [0, 0.05) is 16.5 Å². The Bertz CT molecular complexity index is 348. The highest BCUT2D eigenvalue weighted by Gasteiger charge is 2.13. The Morgan fingerprint density at radius 2 is 2.21 bits per heavy atom. The number of hydrogen-bond acceptors (Lipinski definition) is 2. The molecule has 1 aromatic carbocycles. The summed E-state index contributed by atoms with van der Waals surface area (Å²) in [6.45, 7) is 1.78. The van der Waals surface area contributed by atoms with Crippen molar-refractivity contribution >= 4 is 37.6 Å². The quantitative estimate of drug-likeness (QED) is 0.685. The number of alkyl halides is 2. The zero-order valence-electron chi connectivity index (χ0n) is 7.63. The lowest BCUT2D eigenvalue weighted by molar-refractivity contribution is 0.0996. The first kappa shape index (κ1) is 11.7. The molecule has 1 atom stereocenters. The second-order valence-electron chi connectivity index (χ2n) is 2.96. The van der Waals surface area contributed by atoms with Crippen LogP contribution in [-0.2, 0) is 5.33 Å². The van der Waals surface area contributed by atoms with Crippen molar-refractivity contribution in [3.63, 3.8) is 0 Å². The normalized spacial score (nSPS) is 12.5. The second kappa shape index (κ2) is 4.94. The van der Waals surface area contributed by atoms with Crippen LogP contribution < -0.4 is 0 Å². The summed E-state index contributed by atoms with van der Waals surface area (Å²) in [5.74, 6) is 0.229. The van der Waals surface area contributed by atoms with Crippen LogP contribution in [0.15, 0.2) is 18.2 Å². The highest BCUT2D eigenvalue weighted by molar-refractivity contribution is 9.10. The summed E-state index contributed by atoms with van der Waals surface area (Å²) in [4.78, 5) is 11.4. The number of ketones is 1. The number of carbonyl (C=O) groups excluding carboxylic acids is 1. The Balaban J connectivity index is 3.06. The number of phenols is 1. The maximum Gasteiger partial charge on any atom is 0.176 e. The number of carbonyl (C=O) groups is 1. The third-order valence-corrected chi connectivity index (χ3v) is 2.89. The van der Waals surface area contributed by atoms with Gasteiger partial charge in [-0.1, -0.05) is 31.9 Å². The monoisotopic (exact) mass is 320 g/mol. The molecule has 2 nitrogen and oxygen atoms in total. The third-order valence-electron chi connectivity index (χ3n) is 1.87. The molecule has 0 heterocycles. The van der Waals surface area contributed by atoms with E-state index in [1.807, 2.05) is 0 Å². The summed E-state index contributed by atoms with van der Waals surface area (Å²) in [6.07, 6.45) is 0. The number of rotatable bonds is 3. The molecule has 0 aliphatic heterocycles. The van der Waals surface area contributed by atoms with Crippen LogP contribution in [0.1, 0.15) is 22.8 Å². The lowest BCUT2D eigenvalue weighted by Crippen LogP contribution is -2.09. The Morgan fingerprint density at radius 1 is 1.57 bits per heavy atom. The molecule has 0 aliphatic carbocycles. The maximum atomic E-state index is 11.6. The number of phenolic OH excluding ortho intramolecular Hbond substituents is 1. The minimum Gasteiger partial charge on any atom is -0.508 e. The molecule has 0 amide bonds. The Hall–Kier alpha value is -0.350. The molecule has 4 heteroatoms. The predicted octanol–water partition coefficient (Wildman–Crippen LogP) is 3.25. The first-order chi connectivity index (χ1) is 6.56. The van der Waals surface area contributed by atoms with E-state index in [2.05, 4.69) is 31.9 Å². The van der Waals surface area contributed by atoms with E-state index < -0.39 is 0 Å². The Morgan fingerprint density at radius 3 is 2.71 bits per heavy atom. The molecule has 0 fully saturated rings. The van der Waals surface area contributed by atoms with E-state index in [1.165, 1.54) is 0 Å². The molecule has 1 unspecified atom stereocenters. The SMILES string of the molecule is CC(Br)C(=O)c1ccc(O)c(CBr)c1. The van der Waals surface area contributed by atoms with Gasteiger partial charge in [0.25, 0.3) is 0 Å². The fourth-order valence-corrected chi connectivity index (χ4v) is 1.79. The van der Waals surface area contributed by atoms with Gasteiger partial charge in [-0.2, -0.15) is 0 Å². The van der Waals surface area contributed by atoms with E-state index in [1.54, 1.807) is 25.1 Å². The molecule has 1 aromatic rings. The maximum absolute atomic E-state index is 11.6.